The Labute approximate surface area is 145 Å². The van der Waals surface area contributed by atoms with Gasteiger partial charge in [0.05, 0.1) is 24.0 Å². The topological polar surface area (TPSA) is 59.0 Å². The number of carbonyl (C=O) groups is 1. The van der Waals surface area contributed by atoms with Gasteiger partial charge in [0.25, 0.3) is 0 Å². The summed E-state index contributed by atoms with van der Waals surface area (Å²) < 4.78 is 40.1. The normalized spacial score (nSPS) is 23.0. The summed E-state index contributed by atoms with van der Waals surface area (Å²) in [6.45, 7) is -0.198. The summed E-state index contributed by atoms with van der Waals surface area (Å²) in [5.74, 6) is 0. The predicted octanol–water partition coefficient (Wildman–Crippen LogP) is 3.74. The van der Waals surface area contributed by atoms with E-state index in [1.54, 1.807) is 0 Å². The molecule has 2 amide bonds. The summed E-state index contributed by atoms with van der Waals surface area (Å²) >= 11 is 0. The Morgan fingerprint density at radius 2 is 1.96 bits per heavy atom. The van der Waals surface area contributed by atoms with Gasteiger partial charge >= 0.3 is 12.2 Å². The number of aryl methyl sites for hydroxylation is 1. The quantitative estimate of drug-likeness (QED) is 0.865. The van der Waals surface area contributed by atoms with Crippen molar-refractivity contribution >= 4 is 6.03 Å². The number of aromatic nitrogens is 2. The van der Waals surface area contributed by atoms with Crippen molar-refractivity contribution in [2.45, 2.75) is 70.1 Å². The summed E-state index contributed by atoms with van der Waals surface area (Å²) in [6, 6.07) is -0.271. The van der Waals surface area contributed by atoms with Gasteiger partial charge in [-0.15, -0.1) is 0 Å². The fourth-order valence-corrected chi connectivity index (χ4v) is 4.50. The third-order valence-electron chi connectivity index (χ3n) is 5.84. The minimum Gasteiger partial charge on any atom is -0.335 e. The van der Waals surface area contributed by atoms with Crippen molar-refractivity contribution in [3.8, 4) is 0 Å². The first-order valence-corrected chi connectivity index (χ1v) is 8.94. The number of hydrogen-bond donors (Lipinski definition) is 2. The molecule has 2 aliphatic rings. The van der Waals surface area contributed by atoms with Crippen molar-refractivity contribution < 1.29 is 18.0 Å². The summed E-state index contributed by atoms with van der Waals surface area (Å²) in [4.78, 5) is 12.3. The van der Waals surface area contributed by atoms with Crippen LogP contribution in [0.4, 0.5) is 18.0 Å². The second-order valence-electron chi connectivity index (χ2n) is 7.32. The largest absolute Gasteiger partial charge is 0.419 e. The molecule has 1 spiro atoms. The molecule has 8 heteroatoms. The van der Waals surface area contributed by atoms with Crippen LogP contribution in [0.15, 0.2) is 6.20 Å². The van der Waals surface area contributed by atoms with Crippen molar-refractivity contribution in [3.05, 3.63) is 17.5 Å². The average molecular weight is 358 g/mol. The SMILES string of the molecule is Cn1ncc(C(F)(F)F)c1CNC(=O)NC1CCCC12CCCCC2. The maximum Gasteiger partial charge on any atom is 0.419 e. The van der Waals surface area contributed by atoms with E-state index in [9.17, 15) is 18.0 Å². The van der Waals surface area contributed by atoms with E-state index in [1.807, 2.05) is 0 Å². The molecule has 1 aromatic rings. The zero-order valence-electron chi connectivity index (χ0n) is 14.5. The van der Waals surface area contributed by atoms with Gasteiger partial charge in [-0.1, -0.05) is 25.7 Å². The molecule has 0 bridgehead atoms. The lowest BCUT2D eigenvalue weighted by Crippen LogP contribution is -2.49. The minimum atomic E-state index is -4.47. The lowest BCUT2D eigenvalue weighted by Gasteiger charge is -2.39. The first-order chi connectivity index (χ1) is 11.8. The Morgan fingerprint density at radius 1 is 1.28 bits per heavy atom. The predicted molar refractivity (Wildman–Crippen MR) is 86.7 cm³/mol. The summed E-state index contributed by atoms with van der Waals surface area (Å²) in [6.07, 6.45) is 5.43. The van der Waals surface area contributed by atoms with E-state index in [-0.39, 0.29) is 23.7 Å². The molecule has 1 unspecified atom stereocenters. The zero-order chi connectivity index (χ0) is 18.1. The van der Waals surface area contributed by atoms with Crippen LogP contribution in [0.25, 0.3) is 0 Å². The average Bonchev–Trinajstić information content (AvgIpc) is 3.10. The van der Waals surface area contributed by atoms with E-state index < -0.39 is 17.8 Å². The first-order valence-electron chi connectivity index (χ1n) is 8.94. The van der Waals surface area contributed by atoms with E-state index in [0.29, 0.717) is 0 Å². The van der Waals surface area contributed by atoms with Crippen LogP contribution < -0.4 is 10.6 Å². The van der Waals surface area contributed by atoms with E-state index in [4.69, 9.17) is 0 Å². The van der Waals surface area contributed by atoms with Gasteiger partial charge in [-0.3, -0.25) is 4.68 Å². The number of nitrogens with one attached hydrogen (secondary N) is 2. The summed E-state index contributed by atoms with van der Waals surface area (Å²) in [5, 5.41) is 9.25. The Hall–Kier alpha value is -1.73. The summed E-state index contributed by atoms with van der Waals surface area (Å²) in [7, 11) is 1.44. The Kier molecular flexibility index (Phi) is 4.97. The molecule has 1 aromatic heterocycles. The maximum atomic E-state index is 13.0. The summed E-state index contributed by atoms with van der Waals surface area (Å²) in [5.41, 5.74) is -0.652. The molecule has 0 aliphatic heterocycles. The van der Waals surface area contributed by atoms with Crippen molar-refractivity contribution in [1.82, 2.24) is 20.4 Å². The lowest BCUT2D eigenvalue weighted by molar-refractivity contribution is -0.138. The third-order valence-corrected chi connectivity index (χ3v) is 5.84. The standard InChI is InChI=1S/C17H25F3N4O/c1-24-13(12(10-22-24)17(18,19)20)11-21-15(25)23-14-6-5-9-16(14)7-3-2-4-8-16/h10,14H,2-9,11H2,1H3,(H2,21,23,25). The van der Waals surface area contributed by atoms with Crippen molar-refractivity contribution in [2.75, 3.05) is 0 Å². The van der Waals surface area contributed by atoms with Crippen LogP contribution in [0.1, 0.15) is 62.6 Å². The lowest BCUT2D eigenvalue weighted by atomic mass is 9.70. The first kappa shape index (κ1) is 18.1. The van der Waals surface area contributed by atoms with Crippen LogP contribution in [-0.4, -0.2) is 21.9 Å². The number of hydrogen-bond acceptors (Lipinski definition) is 2. The number of amides is 2. The zero-order valence-corrected chi connectivity index (χ0v) is 14.5. The highest BCUT2D eigenvalue weighted by molar-refractivity contribution is 5.74. The highest BCUT2D eigenvalue weighted by Gasteiger charge is 2.44. The molecule has 1 heterocycles. The Bertz CT molecular complexity index is 620. The van der Waals surface area contributed by atoms with Gasteiger partial charge in [0, 0.05) is 13.1 Å². The van der Waals surface area contributed by atoms with E-state index in [2.05, 4.69) is 15.7 Å². The maximum absolute atomic E-state index is 13.0. The van der Waals surface area contributed by atoms with Gasteiger partial charge in [0.2, 0.25) is 0 Å². The minimum absolute atomic E-state index is 0.0403. The highest BCUT2D eigenvalue weighted by atomic mass is 19.4. The van der Waals surface area contributed by atoms with Crippen LogP contribution in [0.5, 0.6) is 0 Å². The van der Waals surface area contributed by atoms with Gasteiger partial charge in [-0.05, 0) is 31.1 Å². The second-order valence-corrected chi connectivity index (χ2v) is 7.32. The van der Waals surface area contributed by atoms with E-state index >= 15 is 0 Å². The van der Waals surface area contributed by atoms with Gasteiger partial charge in [0.1, 0.15) is 0 Å². The molecular formula is C17H25F3N4O. The molecule has 5 nitrogen and oxygen atoms in total. The van der Waals surface area contributed by atoms with Gasteiger partial charge in [-0.2, -0.15) is 18.3 Å². The Balaban J connectivity index is 1.60. The fraction of sp³-hybridized carbons (Fsp3) is 0.765. The van der Waals surface area contributed by atoms with E-state index in [0.717, 1.165) is 43.0 Å². The van der Waals surface area contributed by atoms with Crippen molar-refractivity contribution in [1.29, 1.82) is 0 Å². The van der Waals surface area contributed by atoms with Crippen LogP contribution in [0.3, 0.4) is 0 Å². The Morgan fingerprint density at radius 3 is 2.64 bits per heavy atom. The molecule has 0 radical (unpaired) electrons. The molecule has 0 aromatic carbocycles. The molecule has 3 rings (SSSR count). The third kappa shape index (κ3) is 3.77. The second kappa shape index (κ2) is 6.88. The van der Waals surface area contributed by atoms with Gasteiger partial charge in [-0.25, -0.2) is 4.79 Å². The molecule has 140 valence electrons. The van der Waals surface area contributed by atoms with Crippen LogP contribution >= 0.6 is 0 Å². The molecule has 25 heavy (non-hydrogen) atoms. The molecule has 2 fully saturated rings. The number of halogens is 3. The number of nitrogens with zero attached hydrogens (tertiary/aromatic N) is 2. The molecule has 2 aliphatic carbocycles. The molecule has 1 atom stereocenters. The molecule has 0 saturated heterocycles. The number of alkyl halides is 3. The van der Waals surface area contributed by atoms with Crippen LogP contribution in [-0.2, 0) is 19.8 Å². The number of carbonyl (C=O) groups excluding carboxylic acids is 1. The smallest absolute Gasteiger partial charge is 0.335 e. The van der Waals surface area contributed by atoms with Crippen LogP contribution in [0.2, 0.25) is 0 Å². The molecular weight excluding hydrogens is 333 g/mol. The molecule has 2 N–H and O–H groups in total. The van der Waals surface area contributed by atoms with Gasteiger partial charge < -0.3 is 10.6 Å². The van der Waals surface area contributed by atoms with Gasteiger partial charge in [0.15, 0.2) is 0 Å². The molecule has 2 saturated carbocycles. The number of urea groups is 1. The van der Waals surface area contributed by atoms with E-state index in [1.165, 1.54) is 26.3 Å². The highest BCUT2D eigenvalue weighted by Crippen LogP contribution is 2.49. The van der Waals surface area contributed by atoms with Crippen molar-refractivity contribution in [2.24, 2.45) is 12.5 Å². The monoisotopic (exact) mass is 358 g/mol. The van der Waals surface area contributed by atoms with Crippen LogP contribution in [0, 0.1) is 5.41 Å². The van der Waals surface area contributed by atoms with Crippen molar-refractivity contribution in [3.63, 3.8) is 0 Å². The fourth-order valence-electron chi connectivity index (χ4n) is 4.50. The number of rotatable bonds is 3.